The van der Waals surface area contributed by atoms with Crippen molar-refractivity contribution in [3.63, 3.8) is 0 Å². The Morgan fingerprint density at radius 1 is 1.27 bits per heavy atom. The number of hydrogen-bond donors (Lipinski definition) is 1. The number of piperidine rings is 1. The predicted octanol–water partition coefficient (Wildman–Crippen LogP) is 3.04. The lowest BCUT2D eigenvalue weighted by Crippen LogP contribution is -2.40. The molecule has 0 aliphatic carbocycles. The van der Waals surface area contributed by atoms with Gasteiger partial charge in [0.2, 0.25) is 0 Å². The number of sulfonamides is 1. The second-order valence-electron chi connectivity index (χ2n) is 5.22. The Hall–Kier alpha value is -1.15. The summed E-state index contributed by atoms with van der Waals surface area (Å²) in [6.07, 6.45) is 0.661. The normalized spacial score (nSPS) is 17.9. The second kappa shape index (κ2) is 5.81. The molecule has 1 saturated heterocycles. The number of carbonyl (C=O) groups is 1. The third-order valence-corrected chi connectivity index (χ3v) is 8.06. The quantitative estimate of drug-likeness (QED) is 0.914. The van der Waals surface area contributed by atoms with Crippen molar-refractivity contribution in [1.29, 1.82) is 0 Å². The minimum Gasteiger partial charge on any atom is -0.481 e. The summed E-state index contributed by atoms with van der Waals surface area (Å²) in [7, 11) is -3.68. The lowest BCUT2D eigenvalue weighted by atomic mass is 9.99. The Balaban J connectivity index is 1.92. The van der Waals surface area contributed by atoms with Crippen LogP contribution in [0.2, 0.25) is 5.02 Å². The second-order valence-corrected chi connectivity index (χ2v) is 8.78. The van der Waals surface area contributed by atoms with E-state index in [2.05, 4.69) is 0 Å². The first kappa shape index (κ1) is 15.7. The van der Waals surface area contributed by atoms with E-state index >= 15 is 0 Å². The minimum atomic E-state index is -3.68. The molecule has 0 atom stereocenters. The van der Waals surface area contributed by atoms with Crippen LogP contribution in [-0.2, 0) is 14.8 Å². The number of rotatable bonds is 3. The Bertz CT molecular complexity index is 822. The molecule has 0 bridgehead atoms. The average Bonchev–Trinajstić information content (AvgIpc) is 2.86. The summed E-state index contributed by atoms with van der Waals surface area (Å²) in [6.45, 7) is 0.424. The predicted molar refractivity (Wildman–Crippen MR) is 86.0 cm³/mol. The van der Waals surface area contributed by atoms with E-state index in [-0.39, 0.29) is 22.3 Å². The highest BCUT2D eigenvalue weighted by atomic mass is 35.5. The summed E-state index contributed by atoms with van der Waals surface area (Å²) < 4.78 is 27.8. The molecule has 1 aliphatic rings. The van der Waals surface area contributed by atoms with Gasteiger partial charge in [-0.05, 0) is 18.9 Å². The van der Waals surface area contributed by atoms with Crippen molar-refractivity contribution in [3.8, 4) is 0 Å². The highest BCUT2D eigenvalue weighted by Crippen LogP contribution is 2.40. The van der Waals surface area contributed by atoms with Crippen LogP contribution >= 0.6 is 22.9 Å². The van der Waals surface area contributed by atoms with Crippen LogP contribution in [0, 0.1) is 5.92 Å². The largest absolute Gasteiger partial charge is 0.481 e. The number of aliphatic carboxylic acids is 1. The first-order chi connectivity index (χ1) is 10.4. The van der Waals surface area contributed by atoms with Crippen molar-refractivity contribution < 1.29 is 18.3 Å². The maximum Gasteiger partial charge on any atom is 0.306 e. The molecule has 118 valence electrons. The Morgan fingerprint density at radius 3 is 2.50 bits per heavy atom. The molecule has 1 aromatic carbocycles. The fraction of sp³-hybridized carbons (Fsp3) is 0.357. The Labute approximate surface area is 137 Å². The topological polar surface area (TPSA) is 74.7 Å². The van der Waals surface area contributed by atoms with Gasteiger partial charge in [0.15, 0.2) is 4.21 Å². The minimum absolute atomic E-state index is 0.143. The molecule has 1 fully saturated rings. The van der Waals surface area contributed by atoms with E-state index in [1.165, 1.54) is 4.31 Å². The van der Waals surface area contributed by atoms with E-state index in [4.69, 9.17) is 16.7 Å². The monoisotopic (exact) mass is 359 g/mol. The van der Waals surface area contributed by atoms with Gasteiger partial charge in [-0.15, -0.1) is 11.3 Å². The maximum atomic E-state index is 12.8. The van der Waals surface area contributed by atoms with E-state index in [1.54, 1.807) is 6.07 Å². The molecule has 8 heteroatoms. The first-order valence-corrected chi connectivity index (χ1v) is 9.44. The van der Waals surface area contributed by atoms with Crippen LogP contribution in [0.25, 0.3) is 10.1 Å². The van der Waals surface area contributed by atoms with Crippen LogP contribution in [-0.4, -0.2) is 36.9 Å². The standard InChI is InChI=1S/C14H14ClNO4S2/c15-12-10-3-1-2-4-11(10)21-14(12)22(19,20)16-7-5-9(6-8-16)13(17)18/h1-4,9H,5-8H2,(H,17,18). The number of nitrogens with zero attached hydrogens (tertiary/aromatic N) is 1. The molecule has 1 aliphatic heterocycles. The molecule has 0 saturated carbocycles. The van der Waals surface area contributed by atoms with Crippen molar-refractivity contribution in [1.82, 2.24) is 4.31 Å². The van der Waals surface area contributed by atoms with Gasteiger partial charge in [-0.25, -0.2) is 8.42 Å². The van der Waals surface area contributed by atoms with Crippen LogP contribution in [0.3, 0.4) is 0 Å². The molecular formula is C14H14ClNO4S2. The molecule has 0 radical (unpaired) electrons. The van der Waals surface area contributed by atoms with Crippen molar-refractivity contribution in [2.45, 2.75) is 17.1 Å². The van der Waals surface area contributed by atoms with Crippen LogP contribution in [0.5, 0.6) is 0 Å². The van der Waals surface area contributed by atoms with Gasteiger partial charge in [0.05, 0.1) is 10.9 Å². The molecular weight excluding hydrogens is 346 g/mol. The van der Waals surface area contributed by atoms with Crippen LogP contribution in [0.15, 0.2) is 28.5 Å². The van der Waals surface area contributed by atoms with E-state index in [1.807, 2.05) is 18.2 Å². The summed E-state index contributed by atoms with van der Waals surface area (Å²) >= 11 is 7.40. The van der Waals surface area contributed by atoms with Crippen LogP contribution < -0.4 is 0 Å². The van der Waals surface area contributed by atoms with Gasteiger partial charge in [0.25, 0.3) is 10.0 Å². The number of benzene rings is 1. The van der Waals surface area contributed by atoms with Gasteiger partial charge in [-0.1, -0.05) is 29.8 Å². The highest BCUT2D eigenvalue weighted by Gasteiger charge is 2.34. The fourth-order valence-corrected chi connectivity index (χ4v) is 6.34. The zero-order valence-electron chi connectivity index (χ0n) is 11.5. The van der Waals surface area contributed by atoms with Crippen LogP contribution in [0.4, 0.5) is 0 Å². The zero-order chi connectivity index (χ0) is 15.9. The van der Waals surface area contributed by atoms with E-state index in [9.17, 15) is 13.2 Å². The van der Waals surface area contributed by atoms with E-state index in [0.717, 1.165) is 21.4 Å². The summed E-state index contributed by atoms with van der Waals surface area (Å²) in [4.78, 5) is 11.0. The number of thiophene rings is 1. The van der Waals surface area contributed by atoms with Gasteiger partial charge >= 0.3 is 5.97 Å². The fourth-order valence-electron chi connectivity index (χ4n) is 2.62. The number of hydrogen-bond acceptors (Lipinski definition) is 4. The summed E-state index contributed by atoms with van der Waals surface area (Å²) in [5, 5.41) is 9.98. The number of carboxylic acid groups (broad SMARTS) is 1. The molecule has 3 rings (SSSR count). The van der Waals surface area contributed by atoms with E-state index < -0.39 is 21.9 Å². The summed E-state index contributed by atoms with van der Waals surface area (Å²) in [5.74, 6) is -1.33. The molecule has 5 nitrogen and oxygen atoms in total. The molecule has 22 heavy (non-hydrogen) atoms. The number of carboxylic acids is 1. The summed E-state index contributed by atoms with van der Waals surface area (Å²) in [5.41, 5.74) is 0. The summed E-state index contributed by atoms with van der Waals surface area (Å²) in [6, 6.07) is 7.28. The molecule has 1 aromatic heterocycles. The van der Waals surface area contributed by atoms with Crippen molar-refractivity contribution in [3.05, 3.63) is 29.3 Å². The maximum absolute atomic E-state index is 12.8. The third kappa shape index (κ3) is 2.62. The van der Waals surface area contributed by atoms with Gasteiger partial charge in [0, 0.05) is 23.2 Å². The molecule has 2 heterocycles. The van der Waals surface area contributed by atoms with Gasteiger partial charge < -0.3 is 5.11 Å². The SMILES string of the molecule is O=C(O)C1CCN(S(=O)(=O)c2sc3ccccc3c2Cl)CC1. The average molecular weight is 360 g/mol. The van der Waals surface area contributed by atoms with Gasteiger partial charge in [0.1, 0.15) is 0 Å². The van der Waals surface area contributed by atoms with Crippen LogP contribution in [0.1, 0.15) is 12.8 Å². The lowest BCUT2D eigenvalue weighted by Gasteiger charge is -2.28. The number of fused-ring (bicyclic) bond motifs is 1. The highest BCUT2D eigenvalue weighted by molar-refractivity contribution is 7.91. The first-order valence-electron chi connectivity index (χ1n) is 6.81. The third-order valence-electron chi connectivity index (χ3n) is 3.88. The van der Waals surface area contributed by atoms with Gasteiger partial charge in [-0.3, -0.25) is 4.79 Å². The molecule has 0 amide bonds. The van der Waals surface area contributed by atoms with E-state index in [0.29, 0.717) is 12.8 Å². The molecule has 0 spiro atoms. The number of halogens is 1. The van der Waals surface area contributed by atoms with Crippen molar-refractivity contribution in [2.75, 3.05) is 13.1 Å². The lowest BCUT2D eigenvalue weighted by molar-refractivity contribution is -0.142. The van der Waals surface area contributed by atoms with Gasteiger partial charge in [-0.2, -0.15) is 4.31 Å². The molecule has 0 unspecified atom stereocenters. The van der Waals surface area contributed by atoms with Crippen molar-refractivity contribution in [2.24, 2.45) is 5.92 Å². The Morgan fingerprint density at radius 2 is 1.91 bits per heavy atom. The van der Waals surface area contributed by atoms with Crippen molar-refractivity contribution >= 4 is 49.0 Å². The zero-order valence-corrected chi connectivity index (χ0v) is 13.9. The molecule has 1 N–H and O–H groups in total. The smallest absolute Gasteiger partial charge is 0.306 e. The Kier molecular flexibility index (Phi) is 4.15. The molecule has 2 aromatic rings.